The smallest absolute Gasteiger partial charge is 0.0469 e. The summed E-state index contributed by atoms with van der Waals surface area (Å²) >= 11 is 0. The van der Waals surface area contributed by atoms with Crippen LogP contribution in [0, 0.1) is 11.8 Å². The van der Waals surface area contributed by atoms with Crippen molar-refractivity contribution in [1.82, 2.24) is 10.3 Å². The summed E-state index contributed by atoms with van der Waals surface area (Å²) in [6, 6.07) is 5.24. The molecule has 1 aromatic rings. The molecule has 102 valence electrons. The van der Waals surface area contributed by atoms with Crippen molar-refractivity contribution in [3.05, 3.63) is 29.6 Å². The molecular weight excluding hydrogens is 232 g/mol. The minimum atomic E-state index is 0.754. The Morgan fingerprint density at radius 1 is 1.16 bits per heavy atom. The molecule has 0 spiro atoms. The molecule has 19 heavy (non-hydrogen) atoms. The molecule has 0 saturated heterocycles. The van der Waals surface area contributed by atoms with Crippen LogP contribution in [0.1, 0.15) is 55.7 Å². The molecule has 1 aromatic heterocycles. The van der Waals surface area contributed by atoms with Crippen LogP contribution in [0.4, 0.5) is 0 Å². The molecule has 0 bridgehead atoms. The van der Waals surface area contributed by atoms with Gasteiger partial charge in [0.1, 0.15) is 0 Å². The number of fused-ring (bicyclic) bond motifs is 1. The second-order valence-corrected chi connectivity index (χ2v) is 6.73. The molecule has 1 heterocycles. The van der Waals surface area contributed by atoms with Gasteiger partial charge >= 0.3 is 0 Å². The maximum absolute atomic E-state index is 4.71. The van der Waals surface area contributed by atoms with E-state index in [0.717, 1.165) is 23.8 Å². The van der Waals surface area contributed by atoms with Gasteiger partial charge in [-0.05, 0) is 68.5 Å². The minimum absolute atomic E-state index is 0.754. The molecule has 0 aromatic carbocycles. The number of hydrogen-bond acceptors (Lipinski definition) is 2. The fourth-order valence-electron chi connectivity index (χ4n) is 4.31. The van der Waals surface area contributed by atoms with Crippen molar-refractivity contribution in [3.63, 3.8) is 0 Å². The average molecular weight is 256 g/mol. The summed E-state index contributed by atoms with van der Waals surface area (Å²) in [5, 5.41) is 3.76. The Bertz CT molecular complexity index is 452. The zero-order valence-corrected chi connectivity index (χ0v) is 11.6. The van der Waals surface area contributed by atoms with Crippen molar-refractivity contribution in [2.24, 2.45) is 11.8 Å². The van der Waals surface area contributed by atoms with Gasteiger partial charge in [0.2, 0.25) is 0 Å². The summed E-state index contributed by atoms with van der Waals surface area (Å²) < 4.78 is 0. The molecule has 2 saturated carbocycles. The monoisotopic (exact) mass is 256 g/mol. The first-order valence-corrected chi connectivity index (χ1v) is 8.09. The lowest BCUT2D eigenvalue weighted by atomic mass is 9.82. The predicted molar refractivity (Wildman–Crippen MR) is 77.2 cm³/mol. The largest absolute Gasteiger partial charge is 0.314 e. The third kappa shape index (κ3) is 2.31. The lowest BCUT2D eigenvalue weighted by Gasteiger charge is -2.26. The Balaban J connectivity index is 1.48. The van der Waals surface area contributed by atoms with Crippen LogP contribution in [-0.2, 0) is 6.42 Å². The number of nitrogens with zero attached hydrogens (tertiary/aromatic N) is 1. The highest BCUT2D eigenvalue weighted by Gasteiger charge is 2.38. The minimum Gasteiger partial charge on any atom is -0.314 e. The number of nitrogens with one attached hydrogen (secondary N) is 1. The highest BCUT2D eigenvalue weighted by Crippen LogP contribution is 2.46. The fraction of sp³-hybridized carbons (Fsp3) is 0.706. The van der Waals surface area contributed by atoms with Crippen LogP contribution in [0.15, 0.2) is 18.3 Å². The summed E-state index contributed by atoms with van der Waals surface area (Å²) in [5.41, 5.74) is 2.96. The number of aryl methyl sites for hydroxylation is 1. The number of rotatable bonds is 4. The van der Waals surface area contributed by atoms with E-state index in [1.54, 1.807) is 0 Å². The Hall–Kier alpha value is -0.890. The molecule has 2 fully saturated rings. The second-order valence-electron chi connectivity index (χ2n) is 6.73. The van der Waals surface area contributed by atoms with E-state index in [-0.39, 0.29) is 0 Å². The summed E-state index contributed by atoms with van der Waals surface area (Å²) in [6.45, 7) is 1.26. The van der Waals surface area contributed by atoms with E-state index in [4.69, 9.17) is 4.98 Å². The van der Waals surface area contributed by atoms with E-state index >= 15 is 0 Å². The van der Waals surface area contributed by atoms with Gasteiger partial charge in [-0.3, -0.25) is 4.98 Å². The van der Waals surface area contributed by atoms with Crippen LogP contribution >= 0.6 is 0 Å². The molecular formula is C17H24N2. The average Bonchev–Trinajstić information content (AvgIpc) is 3.00. The van der Waals surface area contributed by atoms with Gasteiger partial charge in [-0.1, -0.05) is 12.5 Å². The first kappa shape index (κ1) is 11.9. The van der Waals surface area contributed by atoms with Crippen molar-refractivity contribution in [2.45, 2.75) is 56.9 Å². The molecule has 2 heteroatoms. The predicted octanol–water partition coefficient (Wildman–Crippen LogP) is 3.28. The van der Waals surface area contributed by atoms with Gasteiger partial charge in [0.05, 0.1) is 0 Å². The van der Waals surface area contributed by atoms with Crippen molar-refractivity contribution in [2.75, 3.05) is 6.54 Å². The van der Waals surface area contributed by atoms with E-state index < -0.39 is 0 Å². The lowest BCUT2D eigenvalue weighted by Crippen LogP contribution is -2.29. The van der Waals surface area contributed by atoms with Crippen LogP contribution in [0.3, 0.4) is 0 Å². The summed E-state index contributed by atoms with van der Waals surface area (Å²) in [6.07, 6.45) is 11.7. The molecule has 1 N–H and O–H groups in total. The zero-order valence-electron chi connectivity index (χ0n) is 11.6. The van der Waals surface area contributed by atoms with Gasteiger partial charge in [-0.2, -0.15) is 0 Å². The summed E-state index contributed by atoms with van der Waals surface area (Å²) in [5.74, 6) is 2.55. The van der Waals surface area contributed by atoms with E-state index in [0.29, 0.717) is 0 Å². The zero-order chi connectivity index (χ0) is 12.7. The van der Waals surface area contributed by atoms with E-state index in [2.05, 4.69) is 17.4 Å². The van der Waals surface area contributed by atoms with Crippen LogP contribution in [0.2, 0.25) is 0 Å². The molecule has 4 rings (SSSR count). The Morgan fingerprint density at radius 3 is 3.00 bits per heavy atom. The Morgan fingerprint density at radius 2 is 2.11 bits per heavy atom. The number of pyridine rings is 1. The van der Waals surface area contributed by atoms with Crippen LogP contribution in [0.25, 0.3) is 0 Å². The van der Waals surface area contributed by atoms with Gasteiger partial charge < -0.3 is 5.32 Å². The molecule has 0 aliphatic heterocycles. The Labute approximate surface area is 116 Å². The van der Waals surface area contributed by atoms with Crippen molar-refractivity contribution < 1.29 is 0 Å². The maximum Gasteiger partial charge on any atom is 0.0469 e. The first-order chi connectivity index (χ1) is 9.42. The Kier molecular flexibility index (Phi) is 3.07. The van der Waals surface area contributed by atoms with E-state index in [9.17, 15) is 0 Å². The van der Waals surface area contributed by atoms with Crippen LogP contribution in [-0.4, -0.2) is 17.6 Å². The number of aromatic nitrogens is 1. The van der Waals surface area contributed by atoms with E-state index in [1.165, 1.54) is 62.7 Å². The standard InChI is InChI=1S/C17H24N2/c1-3-13(11-19-14-7-8-14)15(5-1)16-9-6-12-4-2-10-18-17(12)16/h2,4,10,13-16,19H,1,3,5-9,11H2. The quantitative estimate of drug-likeness (QED) is 0.894. The molecule has 3 aliphatic rings. The van der Waals surface area contributed by atoms with Gasteiger partial charge in [-0.25, -0.2) is 0 Å². The first-order valence-electron chi connectivity index (χ1n) is 8.09. The SMILES string of the molecule is c1cnc2c(c1)CCC2C1CCCC1CNC1CC1. The van der Waals surface area contributed by atoms with Crippen LogP contribution in [0.5, 0.6) is 0 Å². The molecule has 3 unspecified atom stereocenters. The van der Waals surface area contributed by atoms with Gasteiger partial charge in [-0.15, -0.1) is 0 Å². The second kappa shape index (κ2) is 4.90. The summed E-state index contributed by atoms with van der Waals surface area (Å²) in [7, 11) is 0. The maximum atomic E-state index is 4.71. The van der Waals surface area contributed by atoms with E-state index in [1.807, 2.05) is 6.20 Å². The molecule has 3 atom stereocenters. The highest BCUT2D eigenvalue weighted by molar-refractivity contribution is 5.29. The lowest BCUT2D eigenvalue weighted by molar-refractivity contribution is 0.307. The van der Waals surface area contributed by atoms with Crippen LogP contribution < -0.4 is 5.32 Å². The van der Waals surface area contributed by atoms with Crippen molar-refractivity contribution in [1.29, 1.82) is 0 Å². The van der Waals surface area contributed by atoms with Gasteiger partial charge in [0.15, 0.2) is 0 Å². The molecule has 0 radical (unpaired) electrons. The molecule has 3 aliphatic carbocycles. The normalized spacial score (nSPS) is 33.6. The topological polar surface area (TPSA) is 24.9 Å². The summed E-state index contributed by atoms with van der Waals surface area (Å²) in [4.78, 5) is 4.71. The van der Waals surface area contributed by atoms with Gasteiger partial charge in [0.25, 0.3) is 0 Å². The van der Waals surface area contributed by atoms with Gasteiger partial charge in [0, 0.05) is 23.9 Å². The fourth-order valence-corrected chi connectivity index (χ4v) is 4.31. The molecule has 2 nitrogen and oxygen atoms in total. The third-order valence-electron chi connectivity index (χ3n) is 5.48. The van der Waals surface area contributed by atoms with Crippen molar-refractivity contribution >= 4 is 0 Å². The van der Waals surface area contributed by atoms with Crippen molar-refractivity contribution in [3.8, 4) is 0 Å². The third-order valence-corrected chi connectivity index (χ3v) is 5.48. The number of hydrogen-bond donors (Lipinski definition) is 1. The highest BCUT2D eigenvalue weighted by atomic mass is 14.9. The molecule has 0 amide bonds.